The summed E-state index contributed by atoms with van der Waals surface area (Å²) < 4.78 is 11.7. The lowest BCUT2D eigenvalue weighted by Gasteiger charge is -2.28. The van der Waals surface area contributed by atoms with Crippen LogP contribution >= 0.6 is 0 Å². The molecule has 3 heteroatoms. The molecule has 0 unspecified atom stereocenters. The Morgan fingerprint density at radius 3 is 2.67 bits per heavy atom. The highest BCUT2D eigenvalue weighted by molar-refractivity contribution is 4.71. The van der Waals surface area contributed by atoms with E-state index < -0.39 is 0 Å². The Bertz CT molecular complexity index is 111. The van der Waals surface area contributed by atoms with Crippen molar-refractivity contribution in [2.24, 2.45) is 5.92 Å². The fraction of sp³-hybridized carbons (Fsp3) is 1.00. The first kappa shape index (κ1) is 9.93. The van der Waals surface area contributed by atoms with Gasteiger partial charge in [-0.15, -0.1) is 0 Å². The van der Waals surface area contributed by atoms with E-state index >= 15 is 0 Å². The number of hydrogen-bond acceptors (Lipinski definition) is 2. The number of halogens is 1. The van der Waals surface area contributed by atoms with Crippen molar-refractivity contribution in [2.75, 3.05) is 39.9 Å². The monoisotopic (exact) mass is 174 g/mol. The van der Waals surface area contributed by atoms with Crippen LogP contribution in [0.4, 0.5) is 4.39 Å². The minimum atomic E-state index is -0.243. The van der Waals surface area contributed by atoms with E-state index in [1.54, 1.807) is 0 Å². The van der Waals surface area contributed by atoms with Crippen LogP contribution in [-0.4, -0.2) is 44.8 Å². The van der Waals surface area contributed by atoms with Crippen LogP contribution in [0.5, 0.6) is 0 Å². The van der Waals surface area contributed by atoms with E-state index in [-0.39, 0.29) is 6.67 Å². The number of likely N-dealkylation sites (tertiary alicyclic amines) is 1. The van der Waals surface area contributed by atoms with Crippen molar-refractivity contribution in [1.82, 2.24) is 10.2 Å². The Morgan fingerprint density at radius 2 is 2.08 bits per heavy atom. The topological polar surface area (TPSA) is 15.3 Å². The molecule has 0 aliphatic carbocycles. The van der Waals surface area contributed by atoms with Gasteiger partial charge in [0.25, 0.3) is 0 Å². The van der Waals surface area contributed by atoms with Gasteiger partial charge >= 0.3 is 0 Å². The summed E-state index contributed by atoms with van der Waals surface area (Å²) in [5, 5.41) is 3.13. The lowest BCUT2D eigenvalue weighted by Crippen LogP contribution is -2.35. The molecule has 0 radical (unpaired) electrons. The summed E-state index contributed by atoms with van der Waals surface area (Å²) in [6, 6.07) is 0. The number of piperidine rings is 1. The van der Waals surface area contributed by atoms with Gasteiger partial charge in [-0.2, -0.15) is 0 Å². The van der Waals surface area contributed by atoms with Gasteiger partial charge in [0.1, 0.15) is 6.67 Å². The highest BCUT2D eigenvalue weighted by Gasteiger charge is 2.15. The van der Waals surface area contributed by atoms with Crippen LogP contribution in [-0.2, 0) is 0 Å². The molecule has 1 N–H and O–H groups in total. The molecule has 1 saturated heterocycles. The molecule has 0 saturated carbocycles. The van der Waals surface area contributed by atoms with Crippen molar-refractivity contribution in [3.8, 4) is 0 Å². The molecule has 12 heavy (non-hydrogen) atoms. The van der Waals surface area contributed by atoms with Gasteiger partial charge in [-0.25, -0.2) is 4.39 Å². The molecule has 1 aliphatic rings. The van der Waals surface area contributed by atoms with Crippen LogP contribution in [0.2, 0.25) is 0 Å². The molecule has 0 aromatic carbocycles. The Kier molecular flexibility index (Phi) is 4.54. The summed E-state index contributed by atoms with van der Waals surface area (Å²) in [4.78, 5) is 2.35. The maximum absolute atomic E-state index is 11.7. The minimum absolute atomic E-state index is 0.243. The third-order valence-electron chi connectivity index (χ3n) is 2.54. The number of hydrogen-bond donors (Lipinski definition) is 1. The van der Waals surface area contributed by atoms with E-state index in [1.807, 2.05) is 0 Å². The maximum Gasteiger partial charge on any atom is 0.102 e. The predicted molar refractivity (Wildman–Crippen MR) is 49.1 cm³/mol. The van der Waals surface area contributed by atoms with E-state index in [0.717, 1.165) is 12.5 Å². The van der Waals surface area contributed by atoms with E-state index in [2.05, 4.69) is 17.3 Å². The Hall–Kier alpha value is -0.150. The SMILES string of the molecule is CN1CCC(CNCCF)CC1. The molecule has 1 fully saturated rings. The fourth-order valence-corrected chi connectivity index (χ4v) is 1.64. The average Bonchev–Trinajstić information content (AvgIpc) is 2.09. The van der Waals surface area contributed by atoms with Gasteiger partial charge in [-0.1, -0.05) is 0 Å². The zero-order chi connectivity index (χ0) is 8.81. The summed E-state index contributed by atoms with van der Waals surface area (Å²) in [5.74, 6) is 0.771. The molecule has 1 aliphatic heterocycles. The molecule has 72 valence electrons. The fourth-order valence-electron chi connectivity index (χ4n) is 1.64. The van der Waals surface area contributed by atoms with Crippen molar-refractivity contribution in [3.63, 3.8) is 0 Å². The van der Waals surface area contributed by atoms with Crippen LogP contribution in [0.15, 0.2) is 0 Å². The maximum atomic E-state index is 11.7. The molecule has 0 aromatic rings. The second-order valence-electron chi connectivity index (χ2n) is 3.64. The summed E-state index contributed by atoms with van der Waals surface area (Å²) in [6.07, 6.45) is 2.52. The van der Waals surface area contributed by atoms with Gasteiger partial charge in [0, 0.05) is 6.54 Å². The highest BCUT2D eigenvalue weighted by atomic mass is 19.1. The molecule has 1 heterocycles. The highest BCUT2D eigenvalue weighted by Crippen LogP contribution is 2.14. The standard InChI is InChI=1S/C9H19FN2/c1-12-6-2-9(3-7-12)8-11-5-4-10/h9,11H,2-8H2,1H3. The van der Waals surface area contributed by atoms with Crippen LogP contribution in [0, 0.1) is 5.92 Å². The van der Waals surface area contributed by atoms with Crippen molar-refractivity contribution in [1.29, 1.82) is 0 Å². The van der Waals surface area contributed by atoms with Crippen LogP contribution in [0.3, 0.4) is 0 Å². The first-order valence-electron chi connectivity index (χ1n) is 4.78. The van der Waals surface area contributed by atoms with E-state index in [4.69, 9.17) is 0 Å². The molecule has 0 atom stereocenters. The van der Waals surface area contributed by atoms with Crippen molar-refractivity contribution in [3.05, 3.63) is 0 Å². The zero-order valence-corrected chi connectivity index (χ0v) is 7.85. The number of alkyl halides is 1. The summed E-state index contributed by atoms with van der Waals surface area (Å²) in [6.45, 7) is 3.67. The molecular formula is C9H19FN2. The zero-order valence-electron chi connectivity index (χ0n) is 7.85. The van der Waals surface area contributed by atoms with Crippen LogP contribution in [0.1, 0.15) is 12.8 Å². The molecule has 2 nitrogen and oxygen atoms in total. The third-order valence-corrected chi connectivity index (χ3v) is 2.54. The van der Waals surface area contributed by atoms with E-state index in [9.17, 15) is 4.39 Å². The number of nitrogens with zero attached hydrogens (tertiary/aromatic N) is 1. The molecule has 0 bridgehead atoms. The predicted octanol–water partition coefficient (Wildman–Crippen LogP) is 0.887. The molecule has 0 spiro atoms. The van der Waals surface area contributed by atoms with E-state index in [0.29, 0.717) is 6.54 Å². The summed E-state index contributed by atoms with van der Waals surface area (Å²) in [7, 11) is 2.16. The lowest BCUT2D eigenvalue weighted by atomic mass is 9.97. The quantitative estimate of drug-likeness (QED) is 0.637. The van der Waals surface area contributed by atoms with Crippen molar-refractivity contribution in [2.45, 2.75) is 12.8 Å². The molecular weight excluding hydrogens is 155 g/mol. The Labute approximate surface area is 74.1 Å². The van der Waals surface area contributed by atoms with Gasteiger partial charge < -0.3 is 10.2 Å². The molecule has 0 amide bonds. The number of rotatable bonds is 4. The van der Waals surface area contributed by atoms with Gasteiger partial charge in [0.15, 0.2) is 0 Å². The normalized spacial score (nSPS) is 21.5. The first-order chi connectivity index (χ1) is 5.83. The van der Waals surface area contributed by atoms with Crippen LogP contribution in [0.25, 0.3) is 0 Å². The Morgan fingerprint density at radius 1 is 1.42 bits per heavy atom. The molecule has 1 rings (SSSR count). The summed E-state index contributed by atoms with van der Waals surface area (Å²) >= 11 is 0. The second-order valence-corrected chi connectivity index (χ2v) is 3.64. The van der Waals surface area contributed by atoms with Gasteiger partial charge in [0.05, 0.1) is 0 Å². The van der Waals surface area contributed by atoms with Crippen LogP contribution < -0.4 is 5.32 Å². The minimum Gasteiger partial charge on any atom is -0.314 e. The third kappa shape index (κ3) is 3.50. The summed E-state index contributed by atoms with van der Waals surface area (Å²) in [5.41, 5.74) is 0. The smallest absolute Gasteiger partial charge is 0.102 e. The number of nitrogens with one attached hydrogen (secondary N) is 1. The van der Waals surface area contributed by atoms with Gasteiger partial charge in [-0.05, 0) is 45.4 Å². The van der Waals surface area contributed by atoms with Gasteiger partial charge in [0.2, 0.25) is 0 Å². The first-order valence-corrected chi connectivity index (χ1v) is 4.78. The van der Waals surface area contributed by atoms with Crippen molar-refractivity contribution >= 4 is 0 Å². The molecule has 0 aromatic heterocycles. The van der Waals surface area contributed by atoms with E-state index in [1.165, 1.54) is 25.9 Å². The Balaban J connectivity index is 2.01. The average molecular weight is 174 g/mol. The lowest BCUT2D eigenvalue weighted by molar-refractivity contribution is 0.215. The van der Waals surface area contributed by atoms with Crippen molar-refractivity contribution < 1.29 is 4.39 Å². The van der Waals surface area contributed by atoms with Gasteiger partial charge in [-0.3, -0.25) is 0 Å². The second kappa shape index (κ2) is 5.49. The largest absolute Gasteiger partial charge is 0.314 e.